The van der Waals surface area contributed by atoms with Crippen LogP contribution in [0.25, 0.3) is 0 Å². The van der Waals surface area contributed by atoms with E-state index in [1.54, 1.807) is 11.8 Å². The third-order valence-electron chi connectivity index (χ3n) is 3.54. The van der Waals surface area contributed by atoms with E-state index in [4.69, 9.17) is 5.73 Å². The number of carbonyl (C=O) groups is 2. The van der Waals surface area contributed by atoms with Gasteiger partial charge in [0.1, 0.15) is 5.00 Å². The molecule has 0 saturated carbocycles. The summed E-state index contributed by atoms with van der Waals surface area (Å²) in [5.74, 6) is 0.0936. The third kappa shape index (κ3) is 3.35. The standard InChI is InChI=1S/C14H21N3O2S2/c1-4-10(19)12-11(15)13(20-3)14(21-12)17-6-5-9(7-17)16-8(2)18/h9H,4-7,15H2,1-3H3,(H,16,18). The summed E-state index contributed by atoms with van der Waals surface area (Å²) in [6, 6.07) is 0.172. The van der Waals surface area contributed by atoms with Crippen LogP contribution in [0.3, 0.4) is 0 Å². The molecule has 0 spiro atoms. The summed E-state index contributed by atoms with van der Waals surface area (Å²) < 4.78 is 0. The van der Waals surface area contributed by atoms with E-state index in [-0.39, 0.29) is 17.7 Å². The number of hydrogen-bond donors (Lipinski definition) is 2. The topological polar surface area (TPSA) is 75.4 Å². The maximum Gasteiger partial charge on any atom is 0.217 e. The summed E-state index contributed by atoms with van der Waals surface area (Å²) in [6.07, 6.45) is 3.36. The molecule has 1 aromatic heterocycles. The van der Waals surface area contributed by atoms with Gasteiger partial charge >= 0.3 is 0 Å². The molecule has 1 fully saturated rings. The number of hydrogen-bond acceptors (Lipinski definition) is 6. The Bertz CT molecular complexity index is 557. The Hall–Kier alpha value is -1.21. The zero-order valence-corrected chi connectivity index (χ0v) is 14.2. The molecule has 0 radical (unpaired) electrons. The van der Waals surface area contributed by atoms with Crippen LogP contribution in [0.1, 0.15) is 36.4 Å². The second-order valence-corrected chi connectivity index (χ2v) is 6.91. The van der Waals surface area contributed by atoms with Crippen molar-refractivity contribution in [2.24, 2.45) is 0 Å². The van der Waals surface area contributed by atoms with Gasteiger partial charge in [-0.05, 0) is 12.7 Å². The van der Waals surface area contributed by atoms with E-state index in [2.05, 4.69) is 10.2 Å². The number of nitrogens with one attached hydrogen (secondary N) is 1. The van der Waals surface area contributed by atoms with Gasteiger partial charge in [-0.15, -0.1) is 23.1 Å². The Morgan fingerprint density at radius 1 is 1.52 bits per heavy atom. The van der Waals surface area contributed by atoms with Gasteiger partial charge in [-0.1, -0.05) is 6.92 Å². The number of anilines is 2. The lowest BCUT2D eigenvalue weighted by Crippen LogP contribution is -2.35. The molecule has 1 atom stereocenters. The summed E-state index contributed by atoms with van der Waals surface area (Å²) >= 11 is 3.06. The molecule has 1 aliphatic heterocycles. The first kappa shape index (κ1) is 16.2. The fourth-order valence-corrected chi connectivity index (χ4v) is 4.77. The highest BCUT2D eigenvalue weighted by Crippen LogP contribution is 2.45. The average molecular weight is 327 g/mol. The van der Waals surface area contributed by atoms with Crippen molar-refractivity contribution in [3.63, 3.8) is 0 Å². The van der Waals surface area contributed by atoms with Gasteiger partial charge in [0.15, 0.2) is 5.78 Å². The predicted molar refractivity (Wildman–Crippen MR) is 89.6 cm³/mol. The minimum atomic E-state index is -0.000478. The van der Waals surface area contributed by atoms with E-state index in [0.29, 0.717) is 17.0 Å². The van der Waals surface area contributed by atoms with Crippen LogP contribution < -0.4 is 16.0 Å². The van der Waals surface area contributed by atoms with Crippen LogP contribution in [0.2, 0.25) is 0 Å². The van der Waals surface area contributed by atoms with Crippen molar-refractivity contribution >= 4 is 45.5 Å². The number of thiophene rings is 1. The van der Waals surface area contributed by atoms with E-state index in [1.165, 1.54) is 18.3 Å². The van der Waals surface area contributed by atoms with Crippen molar-refractivity contribution in [2.45, 2.75) is 37.6 Å². The van der Waals surface area contributed by atoms with Crippen LogP contribution in [0.5, 0.6) is 0 Å². The van der Waals surface area contributed by atoms with Crippen molar-refractivity contribution in [1.29, 1.82) is 0 Å². The summed E-state index contributed by atoms with van der Waals surface area (Å²) in [6.45, 7) is 5.03. The molecular weight excluding hydrogens is 306 g/mol. The van der Waals surface area contributed by atoms with Crippen molar-refractivity contribution in [3.05, 3.63) is 4.88 Å². The molecular formula is C14H21N3O2S2. The number of amides is 1. The Balaban J connectivity index is 2.24. The van der Waals surface area contributed by atoms with E-state index >= 15 is 0 Å². The second-order valence-electron chi connectivity index (χ2n) is 5.09. The Morgan fingerprint density at radius 2 is 2.24 bits per heavy atom. The van der Waals surface area contributed by atoms with Gasteiger partial charge in [-0.25, -0.2) is 0 Å². The zero-order chi connectivity index (χ0) is 15.6. The highest BCUT2D eigenvalue weighted by molar-refractivity contribution is 7.99. The first-order valence-electron chi connectivity index (χ1n) is 6.99. The van der Waals surface area contributed by atoms with Gasteiger partial charge in [0, 0.05) is 32.5 Å². The fraction of sp³-hybridized carbons (Fsp3) is 0.571. The van der Waals surface area contributed by atoms with Gasteiger partial charge in [0.05, 0.1) is 15.5 Å². The molecule has 1 amide bonds. The van der Waals surface area contributed by atoms with Crippen molar-refractivity contribution in [3.8, 4) is 0 Å². The number of ketones is 1. The van der Waals surface area contributed by atoms with Crippen molar-refractivity contribution in [1.82, 2.24) is 5.32 Å². The van der Waals surface area contributed by atoms with Crippen LogP contribution in [0, 0.1) is 0 Å². The van der Waals surface area contributed by atoms with Crippen molar-refractivity contribution < 1.29 is 9.59 Å². The van der Waals surface area contributed by atoms with Gasteiger partial charge in [0.25, 0.3) is 0 Å². The first-order valence-corrected chi connectivity index (χ1v) is 9.03. The van der Waals surface area contributed by atoms with Gasteiger partial charge in [-0.2, -0.15) is 0 Å². The lowest BCUT2D eigenvalue weighted by Gasteiger charge is -2.18. The van der Waals surface area contributed by atoms with E-state index in [0.717, 1.165) is 29.4 Å². The number of thioether (sulfide) groups is 1. The Morgan fingerprint density at radius 3 is 2.81 bits per heavy atom. The quantitative estimate of drug-likeness (QED) is 0.641. The number of nitrogens with two attached hydrogens (primary N) is 1. The summed E-state index contributed by atoms with van der Waals surface area (Å²) in [4.78, 5) is 27.0. The zero-order valence-electron chi connectivity index (χ0n) is 12.6. The molecule has 2 rings (SSSR count). The number of nitrogens with zero attached hydrogens (tertiary/aromatic N) is 1. The van der Waals surface area contributed by atoms with Gasteiger partial charge in [-0.3, -0.25) is 9.59 Å². The molecule has 7 heteroatoms. The molecule has 116 valence electrons. The molecule has 1 unspecified atom stereocenters. The molecule has 21 heavy (non-hydrogen) atoms. The van der Waals surface area contributed by atoms with Crippen molar-refractivity contribution in [2.75, 3.05) is 30.0 Å². The largest absolute Gasteiger partial charge is 0.396 e. The molecule has 1 aliphatic rings. The SMILES string of the molecule is CCC(=O)c1sc(N2CCC(NC(C)=O)C2)c(SC)c1N. The van der Waals surface area contributed by atoms with Crippen LogP contribution >= 0.6 is 23.1 Å². The number of nitrogen functional groups attached to an aromatic ring is 1. The van der Waals surface area contributed by atoms with Crippen LogP contribution in [0.15, 0.2) is 4.90 Å². The van der Waals surface area contributed by atoms with E-state index < -0.39 is 0 Å². The lowest BCUT2D eigenvalue weighted by atomic mass is 10.2. The first-order chi connectivity index (χ1) is 9.97. The maximum absolute atomic E-state index is 12.0. The molecule has 1 aromatic rings. The Labute approximate surface area is 133 Å². The molecule has 3 N–H and O–H groups in total. The maximum atomic E-state index is 12.0. The normalized spacial score (nSPS) is 18.0. The van der Waals surface area contributed by atoms with Crippen LogP contribution in [0.4, 0.5) is 10.7 Å². The number of carbonyl (C=O) groups excluding carboxylic acids is 2. The molecule has 5 nitrogen and oxygen atoms in total. The highest BCUT2D eigenvalue weighted by Gasteiger charge is 2.29. The average Bonchev–Trinajstić information content (AvgIpc) is 3.01. The third-order valence-corrected chi connectivity index (χ3v) is 5.80. The van der Waals surface area contributed by atoms with Gasteiger partial charge in [0.2, 0.25) is 5.91 Å². The van der Waals surface area contributed by atoms with Crippen LogP contribution in [-0.2, 0) is 4.79 Å². The molecule has 1 saturated heterocycles. The molecule has 0 aromatic carbocycles. The summed E-state index contributed by atoms with van der Waals surface area (Å²) in [7, 11) is 0. The van der Waals surface area contributed by atoms with E-state index in [1.807, 2.05) is 13.2 Å². The number of Topliss-reactive ketones (excluding diaryl/α,β-unsaturated/α-hetero) is 1. The molecule has 0 bridgehead atoms. The van der Waals surface area contributed by atoms with Gasteiger partial charge < -0.3 is 16.0 Å². The molecule has 2 heterocycles. The fourth-order valence-electron chi connectivity index (χ4n) is 2.54. The molecule has 0 aliphatic carbocycles. The second kappa shape index (κ2) is 6.70. The smallest absolute Gasteiger partial charge is 0.217 e. The Kier molecular flexibility index (Phi) is 5.16. The summed E-state index contributed by atoms with van der Waals surface area (Å²) in [5.41, 5.74) is 6.76. The van der Waals surface area contributed by atoms with Crippen LogP contribution in [-0.4, -0.2) is 37.1 Å². The monoisotopic (exact) mass is 327 g/mol. The summed E-state index contributed by atoms with van der Waals surface area (Å²) in [5, 5.41) is 4.01. The highest BCUT2D eigenvalue weighted by atomic mass is 32.2. The minimum absolute atomic E-state index is 0.000478. The lowest BCUT2D eigenvalue weighted by molar-refractivity contribution is -0.119. The minimum Gasteiger partial charge on any atom is -0.396 e. The van der Waals surface area contributed by atoms with E-state index in [9.17, 15) is 9.59 Å². The predicted octanol–water partition coefficient (Wildman–Crippen LogP) is 2.36. The number of rotatable bonds is 5.